The molecule has 2 aromatic rings. The van der Waals surface area contributed by atoms with E-state index in [2.05, 4.69) is 21.2 Å². The molecule has 0 fully saturated rings. The van der Waals surface area contributed by atoms with E-state index in [-0.39, 0.29) is 11.9 Å². The van der Waals surface area contributed by atoms with E-state index >= 15 is 0 Å². The predicted octanol–water partition coefficient (Wildman–Crippen LogP) is 4.28. The third kappa shape index (κ3) is 5.27. The lowest BCUT2D eigenvalue weighted by Gasteiger charge is -2.15. The number of methoxy groups -OCH3 is 2. The van der Waals surface area contributed by atoms with Gasteiger partial charge < -0.3 is 14.8 Å². The van der Waals surface area contributed by atoms with Crippen molar-refractivity contribution in [2.24, 2.45) is 0 Å². The fourth-order valence-corrected chi connectivity index (χ4v) is 2.68. The van der Waals surface area contributed by atoms with Crippen molar-refractivity contribution in [1.29, 1.82) is 0 Å². The molecule has 24 heavy (non-hydrogen) atoms. The van der Waals surface area contributed by atoms with Crippen LogP contribution in [0.15, 0.2) is 46.9 Å². The maximum Gasteiger partial charge on any atom is 0.220 e. The van der Waals surface area contributed by atoms with Crippen molar-refractivity contribution in [2.75, 3.05) is 14.2 Å². The van der Waals surface area contributed by atoms with Crippen LogP contribution >= 0.6 is 15.9 Å². The van der Waals surface area contributed by atoms with Gasteiger partial charge in [-0.05, 0) is 48.7 Å². The number of benzene rings is 2. The number of amides is 1. The molecule has 0 aliphatic rings. The standard InChI is InChI=1S/C19H22BrNO3/c1-13(15-5-7-16(20)8-6-15)21-19(22)9-4-14-10-17(23-2)12-18(11-14)24-3/h5-8,10-13H,4,9H2,1-3H3,(H,21,22). The Morgan fingerprint density at radius 1 is 1.08 bits per heavy atom. The van der Waals surface area contributed by atoms with Gasteiger partial charge in [0.05, 0.1) is 20.3 Å². The number of ether oxygens (including phenoxy) is 2. The molecular weight excluding hydrogens is 370 g/mol. The molecule has 0 saturated carbocycles. The molecule has 1 unspecified atom stereocenters. The van der Waals surface area contributed by atoms with Crippen molar-refractivity contribution in [3.63, 3.8) is 0 Å². The number of hydrogen-bond donors (Lipinski definition) is 1. The fraction of sp³-hybridized carbons (Fsp3) is 0.316. The SMILES string of the molecule is COc1cc(CCC(=O)NC(C)c2ccc(Br)cc2)cc(OC)c1. The van der Waals surface area contributed by atoms with E-state index in [1.165, 1.54) is 0 Å². The molecule has 2 aromatic carbocycles. The minimum absolute atomic E-state index is 0.0206. The third-order valence-electron chi connectivity index (χ3n) is 3.80. The molecule has 1 amide bonds. The second kappa shape index (κ2) is 8.73. The van der Waals surface area contributed by atoms with Gasteiger partial charge >= 0.3 is 0 Å². The van der Waals surface area contributed by atoms with Gasteiger partial charge in [-0.3, -0.25) is 4.79 Å². The normalized spacial score (nSPS) is 11.7. The van der Waals surface area contributed by atoms with Gasteiger partial charge in [0.1, 0.15) is 11.5 Å². The first kappa shape index (κ1) is 18.3. The highest BCUT2D eigenvalue weighted by Crippen LogP contribution is 2.23. The number of carbonyl (C=O) groups is 1. The zero-order chi connectivity index (χ0) is 17.5. The Kier molecular flexibility index (Phi) is 6.67. The third-order valence-corrected chi connectivity index (χ3v) is 4.33. The van der Waals surface area contributed by atoms with Crippen LogP contribution in [0.25, 0.3) is 0 Å². The molecule has 1 atom stereocenters. The summed E-state index contributed by atoms with van der Waals surface area (Å²) in [5.74, 6) is 1.48. The Hall–Kier alpha value is -2.01. The molecule has 5 heteroatoms. The first-order valence-electron chi connectivity index (χ1n) is 7.78. The molecule has 0 aliphatic heterocycles. The van der Waals surface area contributed by atoms with E-state index in [1.807, 2.05) is 49.4 Å². The Balaban J connectivity index is 1.92. The first-order valence-corrected chi connectivity index (χ1v) is 8.58. The second-order valence-corrected chi connectivity index (χ2v) is 6.48. The number of carbonyl (C=O) groups excluding carboxylic acids is 1. The van der Waals surface area contributed by atoms with Gasteiger partial charge in [-0.1, -0.05) is 28.1 Å². The second-order valence-electron chi connectivity index (χ2n) is 5.56. The Labute approximate surface area is 151 Å². The van der Waals surface area contributed by atoms with E-state index in [0.29, 0.717) is 12.8 Å². The highest BCUT2D eigenvalue weighted by molar-refractivity contribution is 9.10. The van der Waals surface area contributed by atoms with Gasteiger partial charge in [0, 0.05) is 17.0 Å². The van der Waals surface area contributed by atoms with Crippen molar-refractivity contribution in [3.8, 4) is 11.5 Å². The minimum atomic E-state index is -0.0227. The molecule has 0 bridgehead atoms. The molecule has 0 aromatic heterocycles. The predicted molar refractivity (Wildman–Crippen MR) is 98.6 cm³/mol. The van der Waals surface area contributed by atoms with E-state index in [0.717, 1.165) is 27.1 Å². The summed E-state index contributed by atoms with van der Waals surface area (Å²) < 4.78 is 11.5. The number of hydrogen-bond acceptors (Lipinski definition) is 3. The van der Waals surface area contributed by atoms with Crippen molar-refractivity contribution < 1.29 is 14.3 Å². The average Bonchev–Trinajstić information content (AvgIpc) is 2.60. The van der Waals surface area contributed by atoms with E-state index in [9.17, 15) is 4.79 Å². The van der Waals surface area contributed by atoms with Gasteiger partial charge in [0.15, 0.2) is 0 Å². The molecule has 0 aliphatic carbocycles. The maximum atomic E-state index is 12.2. The van der Waals surface area contributed by atoms with Crippen LogP contribution in [-0.4, -0.2) is 20.1 Å². The smallest absolute Gasteiger partial charge is 0.220 e. The van der Waals surface area contributed by atoms with Crippen LogP contribution in [0.1, 0.15) is 30.5 Å². The quantitative estimate of drug-likeness (QED) is 0.765. The van der Waals surface area contributed by atoms with E-state index in [4.69, 9.17) is 9.47 Å². The average molecular weight is 392 g/mol. The molecule has 0 saturated heterocycles. The van der Waals surface area contributed by atoms with Crippen molar-refractivity contribution in [1.82, 2.24) is 5.32 Å². The Morgan fingerprint density at radius 2 is 1.67 bits per heavy atom. The number of nitrogens with one attached hydrogen (secondary N) is 1. The van der Waals surface area contributed by atoms with Crippen molar-refractivity contribution >= 4 is 21.8 Å². The van der Waals surface area contributed by atoms with Crippen molar-refractivity contribution in [3.05, 3.63) is 58.1 Å². The summed E-state index contributed by atoms with van der Waals surface area (Å²) in [6.07, 6.45) is 1.05. The fourth-order valence-electron chi connectivity index (χ4n) is 2.42. The van der Waals surface area contributed by atoms with Crippen LogP contribution in [0.2, 0.25) is 0 Å². The Bertz CT molecular complexity index is 663. The van der Waals surface area contributed by atoms with Crippen LogP contribution in [0.4, 0.5) is 0 Å². The summed E-state index contributed by atoms with van der Waals surface area (Å²) in [4.78, 5) is 12.2. The Morgan fingerprint density at radius 3 is 2.21 bits per heavy atom. The zero-order valence-electron chi connectivity index (χ0n) is 14.1. The van der Waals surface area contributed by atoms with Crippen LogP contribution in [0.3, 0.4) is 0 Å². The maximum absolute atomic E-state index is 12.2. The molecule has 128 valence electrons. The highest BCUT2D eigenvalue weighted by atomic mass is 79.9. The lowest BCUT2D eigenvalue weighted by Crippen LogP contribution is -2.26. The molecule has 0 spiro atoms. The zero-order valence-corrected chi connectivity index (χ0v) is 15.7. The van der Waals surface area contributed by atoms with Gasteiger partial charge in [0.25, 0.3) is 0 Å². The van der Waals surface area contributed by atoms with Gasteiger partial charge in [0.2, 0.25) is 5.91 Å². The topological polar surface area (TPSA) is 47.6 Å². The molecule has 4 nitrogen and oxygen atoms in total. The lowest BCUT2D eigenvalue weighted by molar-refractivity contribution is -0.121. The van der Waals surface area contributed by atoms with Crippen LogP contribution < -0.4 is 14.8 Å². The largest absolute Gasteiger partial charge is 0.497 e. The van der Waals surface area contributed by atoms with Gasteiger partial charge in [-0.15, -0.1) is 0 Å². The monoisotopic (exact) mass is 391 g/mol. The highest BCUT2D eigenvalue weighted by Gasteiger charge is 2.10. The minimum Gasteiger partial charge on any atom is -0.497 e. The first-order chi connectivity index (χ1) is 11.5. The van der Waals surface area contributed by atoms with Crippen LogP contribution in [-0.2, 0) is 11.2 Å². The number of halogens is 1. The number of rotatable bonds is 7. The molecule has 0 heterocycles. The summed E-state index contributed by atoms with van der Waals surface area (Å²) in [5.41, 5.74) is 2.09. The van der Waals surface area contributed by atoms with Gasteiger partial charge in [-0.25, -0.2) is 0 Å². The van der Waals surface area contributed by atoms with Gasteiger partial charge in [-0.2, -0.15) is 0 Å². The van der Waals surface area contributed by atoms with Crippen LogP contribution in [0.5, 0.6) is 11.5 Å². The number of aryl methyl sites for hydroxylation is 1. The lowest BCUT2D eigenvalue weighted by atomic mass is 10.1. The molecular formula is C19H22BrNO3. The van der Waals surface area contributed by atoms with Crippen molar-refractivity contribution in [2.45, 2.75) is 25.8 Å². The summed E-state index contributed by atoms with van der Waals surface area (Å²) in [5, 5.41) is 3.03. The summed E-state index contributed by atoms with van der Waals surface area (Å²) in [6, 6.07) is 13.6. The van der Waals surface area contributed by atoms with Crippen LogP contribution in [0, 0.1) is 0 Å². The summed E-state index contributed by atoms with van der Waals surface area (Å²) in [6.45, 7) is 1.98. The molecule has 1 N–H and O–H groups in total. The summed E-state index contributed by atoms with van der Waals surface area (Å²) >= 11 is 3.41. The van der Waals surface area contributed by atoms with E-state index < -0.39 is 0 Å². The molecule has 2 rings (SSSR count). The molecule has 0 radical (unpaired) electrons. The van der Waals surface area contributed by atoms with E-state index in [1.54, 1.807) is 14.2 Å². The summed E-state index contributed by atoms with van der Waals surface area (Å²) in [7, 11) is 3.23.